The predicted molar refractivity (Wildman–Crippen MR) is 87.9 cm³/mol. The first-order valence-electron chi connectivity index (χ1n) is 6.26. The Morgan fingerprint density at radius 3 is 2.43 bits per heavy atom. The molecular formula is C16H10Cl3NO. The largest absolute Gasteiger partial charge is 0.342 e. The Kier molecular flexibility index (Phi) is 3.94. The second-order valence-electron chi connectivity index (χ2n) is 4.69. The van der Waals surface area contributed by atoms with Gasteiger partial charge in [0.05, 0.1) is 6.54 Å². The van der Waals surface area contributed by atoms with Crippen LogP contribution in [0.15, 0.2) is 42.6 Å². The van der Waals surface area contributed by atoms with Gasteiger partial charge in [0.2, 0.25) is 0 Å². The first-order chi connectivity index (χ1) is 10.1. The fraction of sp³-hybridized carbons (Fsp3) is 0.0625. The number of benzene rings is 2. The van der Waals surface area contributed by atoms with Crippen molar-refractivity contribution in [2.45, 2.75) is 6.54 Å². The summed E-state index contributed by atoms with van der Waals surface area (Å²) in [5.41, 5.74) is 2.33. The highest BCUT2D eigenvalue weighted by Gasteiger charge is 2.12. The van der Waals surface area contributed by atoms with Crippen molar-refractivity contribution < 1.29 is 4.79 Å². The summed E-state index contributed by atoms with van der Waals surface area (Å²) in [6, 6.07) is 10.9. The lowest BCUT2D eigenvalue weighted by atomic mass is 10.2. The molecule has 0 unspecified atom stereocenters. The highest BCUT2D eigenvalue weighted by molar-refractivity contribution is 6.36. The number of aldehydes is 1. The highest BCUT2D eigenvalue weighted by Crippen LogP contribution is 2.29. The van der Waals surface area contributed by atoms with Crippen LogP contribution in [0.4, 0.5) is 0 Å². The number of rotatable bonds is 3. The molecule has 2 nitrogen and oxygen atoms in total. The molecule has 2 aromatic carbocycles. The molecule has 5 heteroatoms. The molecular weight excluding hydrogens is 329 g/mol. The van der Waals surface area contributed by atoms with E-state index in [9.17, 15) is 4.79 Å². The van der Waals surface area contributed by atoms with Crippen LogP contribution >= 0.6 is 34.8 Å². The lowest BCUT2D eigenvalue weighted by molar-refractivity contribution is 0.112. The molecule has 1 aromatic heterocycles. The molecule has 0 N–H and O–H groups in total. The first kappa shape index (κ1) is 14.5. The Morgan fingerprint density at radius 1 is 1.05 bits per heavy atom. The fourth-order valence-electron chi connectivity index (χ4n) is 2.38. The van der Waals surface area contributed by atoms with Gasteiger partial charge in [-0.2, -0.15) is 0 Å². The van der Waals surface area contributed by atoms with Gasteiger partial charge in [-0.05, 0) is 30.3 Å². The van der Waals surface area contributed by atoms with Gasteiger partial charge >= 0.3 is 0 Å². The van der Waals surface area contributed by atoms with Gasteiger partial charge in [-0.3, -0.25) is 4.79 Å². The number of fused-ring (bicyclic) bond motifs is 1. The molecule has 3 aromatic rings. The molecule has 0 saturated heterocycles. The van der Waals surface area contributed by atoms with E-state index in [2.05, 4.69) is 0 Å². The Hall–Kier alpha value is -1.48. The van der Waals surface area contributed by atoms with Crippen LogP contribution in [0.3, 0.4) is 0 Å². The zero-order chi connectivity index (χ0) is 15.0. The van der Waals surface area contributed by atoms with E-state index in [1.165, 1.54) is 0 Å². The van der Waals surface area contributed by atoms with Crippen LogP contribution in [0.25, 0.3) is 10.9 Å². The summed E-state index contributed by atoms with van der Waals surface area (Å²) >= 11 is 18.4. The molecule has 3 rings (SSSR count). The molecule has 0 amide bonds. The lowest BCUT2D eigenvalue weighted by Crippen LogP contribution is -1.99. The number of nitrogens with zero attached hydrogens (tertiary/aromatic N) is 1. The molecule has 21 heavy (non-hydrogen) atoms. The van der Waals surface area contributed by atoms with Gasteiger partial charge in [-0.15, -0.1) is 0 Å². The van der Waals surface area contributed by atoms with E-state index >= 15 is 0 Å². The molecule has 0 bridgehead atoms. The van der Waals surface area contributed by atoms with E-state index in [4.69, 9.17) is 34.8 Å². The van der Waals surface area contributed by atoms with Crippen molar-refractivity contribution in [3.63, 3.8) is 0 Å². The van der Waals surface area contributed by atoms with Crippen LogP contribution in [0.1, 0.15) is 15.9 Å². The van der Waals surface area contributed by atoms with E-state index < -0.39 is 0 Å². The Labute approximate surface area is 136 Å². The summed E-state index contributed by atoms with van der Waals surface area (Å²) in [5, 5.41) is 2.62. The summed E-state index contributed by atoms with van der Waals surface area (Å²) in [4.78, 5) is 11.2. The number of hydrogen-bond acceptors (Lipinski definition) is 1. The summed E-state index contributed by atoms with van der Waals surface area (Å²) in [6.45, 7) is 0.491. The third-order valence-electron chi connectivity index (χ3n) is 3.39. The fourth-order valence-corrected chi connectivity index (χ4v) is 3.06. The van der Waals surface area contributed by atoms with Crippen LogP contribution < -0.4 is 0 Å². The van der Waals surface area contributed by atoms with Crippen molar-refractivity contribution in [1.29, 1.82) is 0 Å². The van der Waals surface area contributed by atoms with E-state index in [0.717, 1.165) is 22.8 Å². The van der Waals surface area contributed by atoms with E-state index in [1.54, 1.807) is 36.5 Å². The Balaban J connectivity index is 2.15. The Bertz CT molecular complexity index is 819. The lowest BCUT2D eigenvalue weighted by Gasteiger charge is -2.09. The maximum Gasteiger partial charge on any atom is 0.152 e. The van der Waals surface area contributed by atoms with Gasteiger partial charge in [0.1, 0.15) is 0 Å². The van der Waals surface area contributed by atoms with E-state index in [-0.39, 0.29) is 0 Å². The minimum absolute atomic E-state index is 0.491. The average Bonchev–Trinajstić information content (AvgIpc) is 2.80. The topological polar surface area (TPSA) is 22.0 Å². The number of halogens is 3. The molecule has 0 saturated carbocycles. The minimum atomic E-state index is 0.491. The monoisotopic (exact) mass is 337 g/mol. The molecule has 0 radical (unpaired) electrons. The zero-order valence-corrected chi connectivity index (χ0v) is 13.1. The SMILES string of the molecule is O=Cc1cn(Cc2c(Cl)cccc2Cl)c2ccc(Cl)cc12. The zero-order valence-electron chi connectivity index (χ0n) is 10.8. The number of aromatic nitrogens is 1. The number of carbonyl (C=O) groups excluding carboxylic acids is 1. The maximum absolute atomic E-state index is 11.2. The van der Waals surface area contributed by atoms with Crippen molar-refractivity contribution >= 4 is 52.0 Å². The quantitative estimate of drug-likeness (QED) is 0.581. The van der Waals surface area contributed by atoms with Crippen LogP contribution in [-0.2, 0) is 6.54 Å². The Morgan fingerprint density at radius 2 is 1.76 bits per heavy atom. The van der Waals surface area contributed by atoms with E-state index in [1.807, 2.05) is 10.6 Å². The third kappa shape index (κ3) is 2.67. The van der Waals surface area contributed by atoms with Crippen molar-refractivity contribution in [3.8, 4) is 0 Å². The summed E-state index contributed by atoms with van der Waals surface area (Å²) < 4.78 is 1.95. The molecule has 0 fully saturated rings. The third-order valence-corrected chi connectivity index (χ3v) is 4.33. The van der Waals surface area contributed by atoms with Crippen molar-refractivity contribution in [2.75, 3.05) is 0 Å². The summed E-state index contributed by atoms with van der Waals surface area (Å²) in [6.07, 6.45) is 2.61. The van der Waals surface area contributed by atoms with Gasteiger partial charge in [0.15, 0.2) is 6.29 Å². The molecule has 0 aliphatic carbocycles. The molecule has 0 aliphatic heterocycles. The van der Waals surface area contributed by atoms with Gasteiger partial charge in [-0.1, -0.05) is 40.9 Å². The molecule has 0 spiro atoms. The van der Waals surface area contributed by atoms with Gasteiger partial charge in [0, 0.05) is 43.3 Å². The van der Waals surface area contributed by atoms with Crippen molar-refractivity contribution in [3.05, 3.63) is 68.8 Å². The molecule has 0 atom stereocenters. The van der Waals surface area contributed by atoms with Crippen molar-refractivity contribution in [2.24, 2.45) is 0 Å². The van der Waals surface area contributed by atoms with Crippen molar-refractivity contribution in [1.82, 2.24) is 4.57 Å². The van der Waals surface area contributed by atoms with Gasteiger partial charge < -0.3 is 4.57 Å². The molecule has 106 valence electrons. The van der Waals surface area contributed by atoms with Crippen LogP contribution in [0.2, 0.25) is 15.1 Å². The molecule has 1 heterocycles. The van der Waals surface area contributed by atoms with Crippen LogP contribution in [0, 0.1) is 0 Å². The number of carbonyl (C=O) groups is 1. The smallest absolute Gasteiger partial charge is 0.152 e. The van der Waals surface area contributed by atoms with Crippen LogP contribution in [-0.4, -0.2) is 10.9 Å². The average molecular weight is 339 g/mol. The van der Waals surface area contributed by atoms with Crippen LogP contribution in [0.5, 0.6) is 0 Å². The summed E-state index contributed by atoms with van der Waals surface area (Å²) in [7, 11) is 0. The predicted octanol–water partition coefficient (Wildman–Crippen LogP) is 5.46. The van der Waals surface area contributed by atoms with Gasteiger partial charge in [-0.25, -0.2) is 0 Å². The second kappa shape index (κ2) is 5.72. The second-order valence-corrected chi connectivity index (χ2v) is 5.94. The standard InChI is InChI=1S/C16H10Cl3NO/c17-11-4-5-16-12(6-11)10(9-21)7-20(16)8-13-14(18)2-1-3-15(13)19/h1-7,9H,8H2. The minimum Gasteiger partial charge on any atom is -0.342 e. The first-order valence-corrected chi connectivity index (χ1v) is 7.40. The number of hydrogen-bond donors (Lipinski definition) is 0. The van der Waals surface area contributed by atoms with Gasteiger partial charge in [0.25, 0.3) is 0 Å². The normalized spacial score (nSPS) is 11.0. The maximum atomic E-state index is 11.2. The van der Waals surface area contributed by atoms with E-state index in [0.29, 0.717) is 27.2 Å². The highest BCUT2D eigenvalue weighted by atomic mass is 35.5. The molecule has 0 aliphatic rings. The summed E-state index contributed by atoms with van der Waals surface area (Å²) in [5.74, 6) is 0.